The first-order valence-corrected chi connectivity index (χ1v) is 19.3. The summed E-state index contributed by atoms with van der Waals surface area (Å²) in [5.41, 5.74) is 3.23. The average molecular weight is 627 g/mol. The van der Waals surface area contributed by atoms with E-state index in [1.54, 1.807) is 16.8 Å². The Balaban J connectivity index is 1.50. The van der Waals surface area contributed by atoms with Gasteiger partial charge in [-0.1, -0.05) is 58.4 Å². The molecule has 0 aliphatic heterocycles. The Kier molecular flexibility index (Phi) is 10.8. The third kappa shape index (κ3) is 8.20. The summed E-state index contributed by atoms with van der Waals surface area (Å²) in [6.07, 6.45) is 4.83. The van der Waals surface area contributed by atoms with E-state index in [0.29, 0.717) is 47.3 Å². The molecule has 0 spiro atoms. The largest absolute Gasteiger partial charge is 0.364 e. The van der Waals surface area contributed by atoms with Crippen molar-refractivity contribution in [2.24, 2.45) is 11.8 Å². The number of halogens is 1. The molecule has 1 fully saturated rings. The molecule has 1 saturated carbocycles. The molecule has 0 unspecified atom stereocenters. The number of ether oxygens (including phenoxy) is 1. The van der Waals surface area contributed by atoms with Crippen molar-refractivity contribution in [3.05, 3.63) is 47.0 Å². The summed E-state index contributed by atoms with van der Waals surface area (Å²) in [5.74, 6) is -1.02. The van der Waals surface area contributed by atoms with E-state index in [4.69, 9.17) is 9.26 Å². The van der Waals surface area contributed by atoms with Gasteiger partial charge in [-0.15, -0.1) is 0 Å². The first-order valence-electron chi connectivity index (χ1n) is 15.6. The van der Waals surface area contributed by atoms with Gasteiger partial charge in [0.1, 0.15) is 30.4 Å². The highest BCUT2D eigenvalue weighted by atomic mass is 28.3. The summed E-state index contributed by atoms with van der Waals surface area (Å²) in [6, 6.07) is 3.41. The summed E-state index contributed by atoms with van der Waals surface area (Å²) in [7, 11) is -1.21. The van der Waals surface area contributed by atoms with E-state index < -0.39 is 31.9 Å². The van der Waals surface area contributed by atoms with Crippen LogP contribution < -0.4 is 10.6 Å². The predicted octanol–water partition coefficient (Wildman–Crippen LogP) is 6.69. The number of carbonyl (C=O) groups is 2. The van der Waals surface area contributed by atoms with Gasteiger partial charge in [0, 0.05) is 31.5 Å². The van der Waals surface area contributed by atoms with Crippen LogP contribution in [0.4, 0.5) is 10.2 Å². The van der Waals surface area contributed by atoms with Crippen LogP contribution in [-0.2, 0) is 16.3 Å². The Labute approximate surface area is 260 Å². The number of nitrogens with one attached hydrogen (secondary N) is 2. The van der Waals surface area contributed by atoms with E-state index in [1.165, 1.54) is 6.26 Å². The summed E-state index contributed by atoms with van der Waals surface area (Å²) >= 11 is 0. The number of hydrogen-bond donors (Lipinski definition) is 2. The molecule has 12 heteroatoms. The van der Waals surface area contributed by atoms with Crippen LogP contribution in [0.25, 0.3) is 11.1 Å². The third-order valence-electron chi connectivity index (χ3n) is 8.45. The first kappa shape index (κ1) is 33.5. The highest BCUT2D eigenvalue weighted by Gasteiger charge is 2.34. The molecule has 240 valence electrons. The van der Waals surface area contributed by atoms with Crippen molar-refractivity contribution in [2.75, 3.05) is 11.9 Å². The van der Waals surface area contributed by atoms with Gasteiger partial charge >= 0.3 is 0 Å². The predicted molar refractivity (Wildman–Crippen MR) is 171 cm³/mol. The van der Waals surface area contributed by atoms with Gasteiger partial charge in [-0.3, -0.25) is 9.59 Å². The van der Waals surface area contributed by atoms with E-state index in [-0.39, 0.29) is 17.7 Å². The number of hydrogen-bond acceptors (Lipinski definition) is 7. The number of carbonyl (C=O) groups excluding carboxylic acids is 2. The fourth-order valence-electron chi connectivity index (χ4n) is 5.70. The molecule has 0 radical (unpaired) electrons. The number of anilines is 1. The molecule has 0 aromatic carbocycles. The number of aryl methyl sites for hydroxylation is 1. The smallest absolute Gasteiger partial charge is 0.257 e. The van der Waals surface area contributed by atoms with Crippen molar-refractivity contribution in [3.63, 3.8) is 0 Å². The van der Waals surface area contributed by atoms with E-state index in [9.17, 15) is 9.59 Å². The van der Waals surface area contributed by atoms with Crippen LogP contribution in [0.3, 0.4) is 0 Å². The first-order chi connectivity index (χ1) is 20.7. The lowest BCUT2D eigenvalue weighted by Crippen LogP contribution is -2.49. The van der Waals surface area contributed by atoms with Gasteiger partial charge in [0.25, 0.3) is 5.91 Å². The van der Waals surface area contributed by atoms with E-state index in [2.05, 4.69) is 52.4 Å². The third-order valence-corrected chi connectivity index (χ3v) is 10.2. The van der Waals surface area contributed by atoms with Crippen molar-refractivity contribution in [2.45, 2.75) is 105 Å². The molecule has 3 aromatic rings. The van der Waals surface area contributed by atoms with Crippen LogP contribution in [0.1, 0.15) is 79.8 Å². The Morgan fingerprint density at radius 3 is 2.50 bits per heavy atom. The summed E-state index contributed by atoms with van der Waals surface area (Å²) < 4.78 is 28.2. The van der Waals surface area contributed by atoms with Crippen molar-refractivity contribution in [3.8, 4) is 11.1 Å². The van der Waals surface area contributed by atoms with Gasteiger partial charge < -0.3 is 19.9 Å². The van der Waals surface area contributed by atoms with Crippen LogP contribution >= 0.6 is 0 Å². The number of amides is 2. The normalized spacial score (nSPS) is 18.0. The second kappa shape index (κ2) is 14.1. The number of nitrogens with zero attached hydrogens (tertiary/aromatic N) is 4. The lowest BCUT2D eigenvalue weighted by molar-refractivity contribution is -0.119. The van der Waals surface area contributed by atoms with Gasteiger partial charge in [0.2, 0.25) is 11.9 Å². The fraction of sp³-hybridized carbons (Fsp3) is 0.594. The molecule has 1 atom stereocenters. The monoisotopic (exact) mass is 626 g/mol. The second-order valence-electron chi connectivity index (χ2n) is 13.7. The summed E-state index contributed by atoms with van der Waals surface area (Å²) in [4.78, 5) is 31.0. The number of pyridine rings is 1. The van der Waals surface area contributed by atoms with Crippen molar-refractivity contribution < 1.29 is 23.2 Å². The minimum Gasteiger partial charge on any atom is -0.364 e. The molecular formula is C32H47FN6O4Si. The quantitative estimate of drug-likeness (QED) is 0.130. The molecule has 0 saturated heterocycles. The average Bonchev–Trinajstić information content (AvgIpc) is 3.55. The molecule has 2 amide bonds. The van der Waals surface area contributed by atoms with E-state index in [0.717, 1.165) is 37.4 Å². The van der Waals surface area contributed by atoms with Crippen LogP contribution in [0.2, 0.25) is 25.7 Å². The Hall–Kier alpha value is -3.38. The SMILES string of the molecule is Cc1nn(COCC[Si](C)(C)C)c(C)c1-c1ccc(NC(=O)[C@@H](NC(=O)c2conc2C(C)C)[C@H]2CC[C@H](C)CC2)nc1F. The lowest BCUT2D eigenvalue weighted by Gasteiger charge is -2.32. The molecule has 3 heterocycles. The zero-order valence-corrected chi connectivity index (χ0v) is 28.3. The molecule has 1 aliphatic carbocycles. The number of rotatable bonds is 12. The summed E-state index contributed by atoms with van der Waals surface area (Å²) in [5, 5.41) is 14.2. The van der Waals surface area contributed by atoms with E-state index >= 15 is 4.39 Å². The van der Waals surface area contributed by atoms with E-state index in [1.807, 2.05) is 27.7 Å². The molecule has 0 bridgehead atoms. The van der Waals surface area contributed by atoms with Crippen LogP contribution in [0, 0.1) is 31.6 Å². The molecule has 10 nitrogen and oxygen atoms in total. The molecule has 3 aromatic heterocycles. The molecule has 2 N–H and O–H groups in total. The Morgan fingerprint density at radius 1 is 1.16 bits per heavy atom. The maximum atomic E-state index is 15.5. The Bertz CT molecular complexity index is 1460. The fourth-order valence-corrected chi connectivity index (χ4v) is 6.46. The van der Waals surface area contributed by atoms with Crippen molar-refractivity contribution >= 4 is 25.7 Å². The maximum absolute atomic E-state index is 15.5. The van der Waals surface area contributed by atoms with Crippen LogP contribution in [0.15, 0.2) is 22.9 Å². The summed E-state index contributed by atoms with van der Waals surface area (Å²) in [6.45, 7) is 17.6. The van der Waals surface area contributed by atoms with Gasteiger partial charge in [0.15, 0.2) is 0 Å². The molecule has 4 rings (SSSR count). The van der Waals surface area contributed by atoms with Crippen molar-refractivity contribution in [1.29, 1.82) is 0 Å². The number of aromatic nitrogens is 4. The van der Waals surface area contributed by atoms with Gasteiger partial charge in [0.05, 0.1) is 11.4 Å². The van der Waals surface area contributed by atoms with Crippen LogP contribution in [0.5, 0.6) is 0 Å². The zero-order chi connectivity index (χ0) is 32.2. The topological polar surface area (TPSA) is 124 Å². The van der Waals surface area contributed by atoms with Gasteiger partial charge in [-0.25, -0.2) is 9.67 Å². The van der Waals surface area contributed by atoms with Crippen molar-refractivity contribution in [1.82, 2.24) is 25.2 Å². The van der Waals surface area contributed by atoms with Crippen LogP contribution in [-0.4, -0.2) is 52.5 Å². The molecule has 44 heavy (non-hydrogen) atoms. The van der Waals surface area contributed by atoms with Gasteiger partial charge in [-0.05, 0) is 62.6 Å². The minimum atomic E-state index is -1.21. The molecular weight excluding hydrogens is 579 g/mol. The lowest BCUT2D eigenvalue weighted by atomic mass is 9.79. The molecule has 1 aliphatic rings. The zero-order valence-electron chi connectivity index (χ0n) is 27.3. The second-order valence-corrected chi connectivity index (χ2v) is 19.3. The Morgan fingerprint density at radius 2 is 1.86 bits per heavy atom. The van der Waals surface area contributed by atoms with Gasteiger partial charge in [-0.2, -0.15) is 9.49 Å². The highest BCUT2D eigenvalue weighted by Crippen LogP contribution is 2.32. The maximum Gasteiger partial charge on any atom is 0.257 e. The standard InChI is InChI=1S/C32H47FN6O4Si/c1-19(2)28-25(17-43-38-28)31(40)36-29(23-11-9-20(3)10-12-23)32(41)35-26-14-13-24(30(33)34-26)27-21(4)37-39(22(27)5)18-42-15-16-44(6,7)8/h13-14,17,19-20,23,29H,9-12,15-16,18H2,1-8H3,(H,36,40)(H,34,35,41)/t20-,23-,29-/m0/s1. The highest BCUT2D eigenvalue weighted by molar-refractivity contribution is 6.76. The minimum absolute atomic E-state index is 0.0233.